The molecule has 116 valence electrons. The predicted octanol–water partition coefficient (Wildman–Crippen LogP) is 4.19. The molecule has 21 heavy (non-hydrogen) atoms. The third kappa shape index (κ3) is 7.05. The summed E-state index contributed by atoms with van der Waals surface area (Å²) in [7, 11) is 1.58. The standard InChI is InChI=1S/C16H19F3O2/c1-12(2)15(5-4-10-16(17,18)19)21-11-13-6-8-14(20-3)9-7-13/h6-9,12,15H,5,11H2,1-3H3. The summed E-state index contributed by atoms with van der Waals surface area (Å²) in [6, 6.07) is 7.34. The quantitative estimate of drug-likeness (QED) is 0.733. The van der Waals surface area contributed by atoms with E-state index >= 15 is 0 Å². The Morgan fingerprint density at radius 2 is 1.76 bits per heavy atom. The maximum Gasteiger partial charge on any atom is 0.457 e. The van der Waals surface area contributed by atoms with Crippen molar-refractivity contribution in [1.82, 2.24) is 0 Å². The maximum atomic E-state index is 12.0. The second kappa shape index (κ2) is 7.94. The summed E-state index contributed by atoms with van der Waals surface area (Å²) in [4.78, 5) is 0. The summed E-state index contributed by atoms with van der Waals surface area (Å²) in [5, 5.41) is 0. The SMILES string of the molecule is COc1ccc(COC(CC#CC(F)(F)F)C(C)C)cc1. The second-order valence-corrected chi connectivity index (χ2v) is 4.95. The van der Waals surface area contributed by atoms with Crippen LogP contribution < -0.4 is 4.74 Å². The first-order valence-electron chi connectivity index (χ1n) is 6.63. The van der Waals surface area contributed by atoms with Crippen LogP contribution in [0.5, 0.6) is 5.75 Å². The number of hydrogen-bond donors (Lipinski definition) is 0. The lowest BCUT2D eigenvalue weighted by molar-refractivity contribution is -0.0699. The minimum absolute atomic E-state index is 0.0628. The molecular weight excluding hydrogens is 281 g/mol. The first kappa shape index (κ1) is 17.4. The normalized spacial score (nSPS) is 12.7. The number of halogens is 3. The highest BCUT2D eigenvalue weighted by atomic mass is 19.4. The fraction of sp³-hybridized carbons (Fsp3) is 0.500. The average molecular weight is 300 g/mol. The number of rotatable bonds is 6. The molecule has 5 heteroatoms. The van der Waals surface area contributed by atoms with Crippen LogP contribution in [-0.2, 0) is 11.3 Å². The molecule has 0 spiro atoms. The van der Waals surface area contributed by atoms with Crippen LogP contribution in [0.4, 0.5) is 13.2 Å². The van der Waals surface area contributed by atoms with Gasteiger partial charge in [-0.2, -0.15) is 13.2 Å². The van der Waals surface area contributed by atoms with Gasteiger partial charge in [-0.1, -0.05) is 31.9 Å². The molecule has 0 amide bonds. The van der Waals surface area contributed by atoms with Gasteiger partial charge in [-0.25, -0.2) is 0 Å². The zero-order valence-corrected chi connectivity index (χ0v) is 12.3. The molecule has 1 rings (SSSR count). The summed E-state index contributed by atoms with van der Waals surface area (Å²) in [6.07, 6.45) is -4.72. The third-order valence-electron chi connectivity index (χ3n) is 2.90. The first-order chi connectivity index (χ1) is 9.81. The largest absolute Gasteiger partial charge is 0.497 e. The van der Waals surface area contributed by atoms with Gasteiger partial charge in [0.15, 0.2) is 0 Å². The molecule has 0 fully saturated rings. The summed E-state index contributed by atoms with van der Waals surface area (Å²) < 4.78 is 46.7. The lowest BCUT2D eigenvalue weighted by atomic mass is 10.0. The molecule has 1 aromatic carbocycles. The van der Waals surface area contributed by atoms with Crippen molar-refractivity contribution in [2.24, 2.45) is 5.92 Å². The number of methoxy groups -OCH3 is 1. The molecule has 0 bridgehead atoms. The number of benzene rings is 1. The molecule has 0 aliphatic heterocycles. The maximum absolute atomic E-state index is 12.0. The molecule has 0 aliphatic rings. The Kier molecular flexibility index (Phi) is 6.57. The van der Waals surface area contributed by atoms with Gasteiger partial charge in [0.2, 0.25) is 0 Å². The topological polar surface area (TPSA) is 18.5 Å². The predicted molar refractivity (Wildman–Crippen MR) is 74.9 cm³/mol. The van der Waals surface area contributed by atoms with Gasteiger partial charge in [0.25, 0.3) is 0 Å². The Hall–Kier alpha value is -1.67. The van der Waals surface area contributed by atoms with E-state index in [1.807, 2.05) is 38.1 Å². The lowest BCUT2D eigenvalue weighted by Gasteiger charge is -2.19. The van der Waals surface area contributed by atoms with E-state index in [0.717, 1.165) is 11.3 Å². The molecule has 1 atom stereocenters. The molecule has 0 saturated carbocycles. The Morgan fingerprint density at radius 3 is 2.24 bits per heavy atom. The van der Waals surface area contributed by atoms with Crippen molar-refractivity contribution in [3.63, 3.8) is 0 Å². The molecule has 0 aliphatic carbocycles. The monoisotopic (exact) mass is 300 g/mol. The van der Waals surface area contributed by atoms with Crippen LogP contribution in [0.2, 0.25) is 0 Å². The van der Waals surface area contributed by atoms with E-state index in [1.165, 1.54) is 5.92 Å². The van der Waals surface area contributed by atoms with E-state index in [4.69, 9.17) is 9.47 Å². The van der Waals surface area contributed by atoms with E-state index in [2.05, 4.69) is 5.92 Å². The van der Waals surface area contributed by atoms with Crippen LogP contribution in [0, 0.1) is 17.8 Å². The zero-order chi connectivity index (χ0) is 15.9. The summed E-state index contributed by atoms with van der Waals surface area (Å²) >= 11 is 0. The van der Waals surface area contributed by atoms with Crippen LogP contribution in [0.1, 0.15) is 25.8 Å². The van der Waals surface area contributed by atoms with Crippen LogP contribution >= 0.6 is 0 Å². The van der Waals surface area contributed by atoms with Crippen LogP contribution in [-0.4, -0.2) is 19.4 Å². The molecule has 1 unspecified atom stereocenters. The van der Waals surface area contributed by atoms with Gasteiger partial charge in [0.05, 0.1) is 19.8 Å². The van der Waals surface area contributed by atoms with Crippen molar-refractivity contribution in [2.45, 2.75) is 39.2 Å². The Morgan fingerprint density at radius 1 is 1.14 bits per heavy atom. The van der Waals surface area contributed by atoms with Crippen molar-refractivity contribution < 1.29 is 22.6 Å². The van der Waals surface area contributed by atoms with E-state index in [9.17, 15) is 13.2 Å². The van der Waals surface area contributed by atoms with Crippen molar-refractivity contribution in [3.05, 3.63) is 29.8 Å². The van der Waals surface area contributed by atoms with E-state index in [0.29, 0.717) is 6.61 Å². The minimum atomic E-state index is -4.45. The average Bonchev–Trinajstić information content (AvgIpc) is 2.41. The van der Waals surface area contributed by atoms with E-state index < -0.39 is 6.18 Å². The highest BCUT2D eigenvalue weighted by Gasteiger charge is 2.23. The summed E-state index contributed by atoms with van der Waals surface area (Å²) in [5.74, 6) is 4.25. The number of alkyl halides is 3. The fourth-order valence-corrected chi connectivity index (χ4v) is 1.66. The second-order valence-electron chi connectivity index (χ2n) is 4.95. The van der Waals surface area contributed by atoms with Crippen molar-refractivity contribution in [2.75, 3.05) is 7.11 Å². The van der Waals surface area contributed by atoms with Gasteiger partial charge in [0, 0.05) is 12.3 Å². The van der Waals surface area contributed by atoms with Gasteiger partial charge in [-0.3, -0.25) is 0 Å². The van der Waals surface area contributed by atoms with Crippen molar-refractivity contribution in [3.8, 4) is 17.6 Å². The van der Waals surface area contributed by atoms with Crippen LogP contribution in [0.25, 0.3) is 0 Å². The van der Waals surface area contributed by atoms with Gasteiger partial charge in [-0.05, 0) is 23.6 Å². The van der Waals surface area contributed by atoms with Gasteiger partial charge < -0.3 is 9.47 Å². The zero-order valence-electron chi connectivity index (χ0n) is 12.3. The van der Waals surface area contributed by atoms with Crippen molar-refractivity contribution >= 4 is 0 Å². The van der Waals surface area contributed by atoms with Crippen LogP contribution in [0.15, 0.2) is 24.3 Å². The molecule has 2 nitrogen and oxygen atoms in total. The molecule has 0 saturated heterocycles. The Labute approximate surface area is 123 Å². The smallest absolute Gasteiger partial charge is 0.457 e. The van der Waals surface area contributed by atoms with Crippen molar-refractivity contribution in [1.29, 1.82) is 0 Å². The molecular formula is C16H19F3O2. The highest BCUT2D eigenvalue weighted by Crippen LogP contribution is 2.17. The van der Waals surface area contributed by atoms with E-state index in [1.54, 1.807) is 7.11 Å². The van der Waals surface area contributed by atoms with E-state index in [-0.39, 0.29) is 18.4 Å². The third-order valence-corrected chi connectivity index (χ3v) is 2.90. The highest BCUT2D eigenvalue weighted by molar-refractivity contribution is 5.26. The molecule has 0 N–H and O–H groups in total. The number of ether oxygens (including phenoxy) is 2. The summed E-state index contributed by atoms with van der Waals surface area (Å²) in [6.45, 7) is 4.13. The Balaban J connectivity index is 2.55. The fourth-order valence-electron chi connectivity index (χ4n) is 1.66. The van der Waals surface area contributed by atoms with Gasteiger partial charge >= 0.3 is 6.18 Å². The lowest BCUT2D eigenvalue weighted by Crippen LogP contribution is -2.19. The minimum Gasteiger partial charge on any atom is -0.497 e. The Bertz CT molecular complexity index is 481. The molecule has 1 aromatic rings. The van der Waals surface area contributed by atoms with Gasteiger partial charge in [-0.15, -0.1) is 0 Å². The molecule has 0 radical (unpaired) electrons. The number of hydrogen-bond acceptors (Lipinski definition) is 2. The first-order valence-corrected chi connectivity index (χ1v) is 6.63. The molecule has 0 aromatic heterocycles. The molecule has 0 heterocycles. The van der Waals surface area contributed by atoms with Gasteiger partial charge in [0.1, 0.15) is 5.75 Å². The van der Waals surface area contributed by atoms with Crippen LogP contribution in [0.3, 0.4) is 0 Å². The summed E-state index contributed by atoms with van der Waals surface area (Å²) in [5.41, 5.74) is 0.935.